The summed E-state index contributed by atoms with van der Waals surface area (Å²) in [5.41, 5.74) is 2.01. The van der Waals surface area contributed by atoms with Crippen molar-refractivity contribution in [1.82, 2.24) is 14.8 Å². The Hall–Kier alpha value is -3.77. The quantitative estimate of drug-likeness (QED) is 0.130. The molecule has 0 N–H and O–H groups in total. The lowest BCUT2D eigenvalue weighted by Gasteiger charge is -2.18. The highest BCUT2D eigenvalue weighted by molar-refractivity contribution is 9.10. The van der Waals surface area contributed by atoms with Crippen molar-refractivity contribution in [3.05, 3.63) is 114 Å². The number of ether oxygens (including phenoxy) is 1. The smallest absolute Gasteiger partial charge is 0.269 e. The van der Waals surface area contributed by atoms with E-state index in [2.05, 4.69) is 26.1 Å². The fraction of sp³-hybridized carbons (Fsp3) is 0.167. The molecule has 3 aromatic carbocycles. The van der Waals surface area contributed by atoms with E-state index in [1.165, 1.54) is 23.9 Å². The van der Waals surface area contributed by atoms with Gasteiger partial charge in [0, 0.05) is 32.8 Å². The number of hydrogen-bond acceptors (Lipinski definition) is 8. The van der Waals surface area contributed by atoms with Gasteiger partial charge in [0.05, 0.1) is 4.92 Å². The summed E-state index contributed by atoms with van der Waals surface area (Å²) in [6.07, 6.45) is 0. The molecule has 4 rings (SSSR count). The summed E-state index contributed by atoms with van der Waals surface area (Å²) in [6.45, 7) is 1.50. The van der Waals surface area contributed by atoms with Gasteiger partial charge in [-0.2, -0.15) is 0 Å². The normalized spacial score (nSPS) is 11.7. The van der Waals surface area contributed by atoms with Crippen LogP contribution in [-0.4, -0.2) is 31.2 Å². The van der Waals surface area contributed by atoms with Crippen LogP contribution in [0, 0.1) is 27.2 Å². The van der Waals surface area contributed by atoms with Gasteiger partial charge in [0.2, 0.25) is 6.54 Å². The third-order valence-corrected chi connectivity index (χ3v) is 6.86. The van der Waals surface area contributed by atoms with Gasteiger partial charge in [-0.05, 0) is 42.8 Å². The van der Waals surface area contributed by atoms with Crippen LogP contribution in [0.1, 0.15) is 22.2 Å². The van der Waals surface area contributed by atoms with Gasteiger partial charge in [0.15, 0.2) is 5.16 Å². The van der Waals surface area contributed by atoms with Crippen molar-refractivity contribution in [3.63, 3.8) is 0 Å². The number of nitrogens with zero attached hydrogens (tertiary/aromatic N) is 5. The maximum Gasteiger partial charge on any atom is 0.269 e. The van der Waals surface area contributed by atoms with E-state index in [0.29, 0.717) is 27.9 Å². The summed E-state index contributed by atoms with van der Waals surface area (Å²) < 4.78 is 8.59. The molecule has 0 saturated heterocycles. The third-order valence-electron chi connectivity index (χ3n) is 5.21. The molecule has 12 heteroatoms. The zero-order chi connectivity index (χ0) is 25.7. The molecule has 0 fully saturated rings. The molecule has 0 spiro atoms. The second-order valence-electron chi connectivity index (χ2n) is 7.72. The first-order valence-corrected chi connectivity index (χ1v) is 12.4. The number of nitro benzene ring substituents is 1. The molecule has 1 aromatic heterocycles. The number of thioether (sulfide) groups is 1. The highest BCUT2D eigenvalue weighted by atomic mass is 79.9. The molecule has 1 heterocycles. The summed E-state index contributed by atoms with van der Waals surface area (Å²) in [6, 6.07) is 20.9. The van der Waals surface area contributed by atoms with E-state index < -0.39 is 10.2 Å². The number of benzene rings is 3. The lowest BCUT2D eigenvalue weighted by Crippen LogP contribution is -2.12. The van der Waals surface area contributed by atoms with Gasteiger partial charge in [0.25, 0.3) is 5.69 Å². The number of halogens is 1. The van der Waals surface area contributed by atoms with Crippen LogP contribution in [0.25, 0.3) is 5.69 Å². The Morgan fingerprint density at radius 3 is 2.53 bits per heavy atom. The first-order chi connectivity index (χ1) is 17.3. The average Bonchev–Trinajstić information content (AvgIpc) is 3.23. The van der Waals surface area contributed by atoms with E-state index in [1.807, 2.05) is 41.8 Å². The van der Waals surface area contributed by atoms with Gasteiger partial charge >= 0.3 is 0 Å². The lowest BCUT2D eigenvalue weighted by molar-refractivity contribution is -0.479. The molecule has 1 atom stereocenters. The van der Waals surface area contributed by atoms with Crippen LogP contribution in [0.4, 0.5) is 5.69 Å². The van der Waals surface area contributed by atoms with Crippen molar-refractivity contribution in [3.8, 4) is 11.4 Å². The van der Waals surface area contributed by atoms with Crippen LogP contribution >= 0.6 is 27.7 Å². The maximum absolute atomic E-state index is 11.6. The number of nitro groups is 2. The van der Waals surface area contributed by atoms with Crippen LogP contribution in [0.3, 0.4) is 0 Å². The Labute approximate surface area is 218 Å². The molecule has 10 nitrogen and oxygen atoms in total. The Bertz CT molecular complexity index is 1400. The van der Waals surface area contributed by atoms with Crippen molar-refractivity contribution in [2.24, 2.45) is 0 Å². The molecular weight excluding hydrogens is 550 g/mol. The van der Waals surface area contributed by atoms with E-state index in [9.17, 15) is 20.2 Å². The molecule has 0 radical (unpaired) electrons. The Balaban J connectivity index is 1.66. The van der Waals surface area contributed by atoms with E-state index in [1.54, 1.807) is 30.3 Å². The van der Waals surface area contributed by atoms with E-state index in [0.717, 1.165) is 10.2 Å². The predicted octanol–water partition coefficient (Wildman–Crippen LogP) is 5.94. The topological polar surface area (TPSA) is 126 Å². The number of non-ortho nitro benzene ring substituents is 1. The van der Waals surface area contributed by atoms with Gasteiger partial charge in [0.1, 0.15) is 23.4 Å². The van der Waals surface area contributed by atoms with Crippen LogP contribution in [0.2, 0.25) is 0 Å². The van der Waals surface area contributed by atoms with Gasteiger partial charge in [-0.25, -0.2) is 0 Å². The standard InChI is InChI=1S/C24H20BrN5O5S/c1-16-26-27-24(29(16)19-7-3-2-4-8-19)36-23(14-28(31)32)21-13-18(25)10-11-22(21)35-15-17-6-5-9-20(12-17)30(33)34/h2-13,23H,14-15H2,1H3/t23-/m1/s1. The number of para-hydroxylation sites is 1. The molecule has 0 aliphatic rings. The molecule has 184 valence electrons. The first kappa shape index (κ1) is 25.3. The molecule has 0 amide bonds. The minimum atomic E-state index is -0.649. The summed E-state index contributed by atoms with van der Waals surface area (Å²) in [5, 5.41) is 31.1. The minimum absolute atomic E-state index is 0.0375. The zero-order valence-corrected chi connectivity index (χ0v) is 21.4. The highest BCUT2D eigenvalue weighted by Crippen LogP contribution is 2.41. The van der Waals surface area contributed by atoms with Crippen LogP contribution in [0.5, 0.6) is 5.75 Å². The van der Waals surface area contributed by atoms with Gasteiger partial charge in [-0.1, -0.05) is 58.0 Å². The number of rotatable bonds is 10. The fourth-order valence-electron chi connectivity index (χ4n) is 3.58. The van der Waals surface area contributed by atoms with Gasteiger partial charge < -0.3 is 4.74 Å². The molecule has 36 heavy (non-hydrogen) atoms. The number of hydrogen-bond donors (Lipinski definition) is 0. The van der Waals surface area contributed by atoms with E-state index in [4.69, 9.17) is 4.74 Å². The predicted molar refractivity (Wildman–Crippen MR) is 138 cm³/mol. The summed E-state index contributed by atoms with van der Waals surface area (Å²) in [7, 11) is 0. The zero-order valence-electron chi connectivity index (χ0n) is 19.0. The highest BCUT2D eigenvalue weighted by Gasteiger charge is 2.27. The van der Waals surface area contributed by atoms with E-state index in [-0.39, 0.29) is 23.8 Å². The molecule has 0 unspecified atom stereocenters. The lowest BCUT2D eigenvalue weighted by atomic mass is 10.1. The van der Waals surface area contributed by atoms with Gasteiger partial charge in [-0.15, -0.1) is 10.2 Å². The van der Waals surface area contributed by atoms with Crippen molar-refractivity contribution in [2.75, 3.05) is 6.54 Å². The summed E-state index contributed by atoms with van der Waals surface area (Å²) >= 11 is 4.67. The Morgan fingerprint density at radius 2 is 1.81 bits per heavy atom. The second-order valence-corrected chi connectivity index (χ2v) is 9.81. The molecular formula is C24H20BrN5O5S. The summed E-state index contributed by atoms with van der Waals surface area (Å²) in [4.78, 5) is 21.9. The average molecular weight is 570 g/mol. The minimum Gasteiger partial charge on any atom is -0.489 e. The van der Waals surface area contributed by atoms with Crippen LogP contribution < -0.4 is 4.74 Å². The monoisotopic (exact) mass is 569 g/mol. The largest absolute Gasteiger partial charge is 0.489 e. The summed E-state index contributed by atoms with van der Waals surface area (Å²) in [5.74, 6) is 1.09. The molecule has 0 aliphatic carbocycles. The first-order valence-electron chi connectivity index (χ1n) is 10.7. The molecule has 0 saturated carbocycles. The van der Waals surface area contributed by atoms with E-state index >= 15 is 0 Å². The molecule has 0 aliphatic heterocycles. The number of aromatic nitrogens is 3. The number of aryl methyl sites for hydroxylation is 1. The Kier molecular flexibility index (Phi) is 7.96. The van der Waals surface area contributed by atoms with Crippen LogP contribution in [0.15, 0.2) is 82.4 Å². The van der Waals surface area contributed by atoms with Crippen molar-refractivity contribution >= 4 is 33.4 Å². The van der Waals surface area contributed by atoms with Crippen molar-refractivity contribution in [1.29, 1.82) is 0 Å². The SMILES string of the molecule is Cc1nnc(S[C@H](C[N+](=O)[O-])c2cc(Br)ccc2OCc2cccc([N+](=O)[O-])c2)n1-c1ccccc1. The third kappa shape index (κ3) is 6.07. The second kappa shape index (κ2) is 11.3. The van der Waals surface area contributed by atoms with Crippen LogP contribution in [-0.2, 0) is 6.61 Å². The maximum atomic E-state index is 11.6. The Morgan fingerprint density at radius 1 is 1.03 bits per heavy atom. The fourth-order valence-corrected chi connectivity index (χ4v) is 5.15. The molecule has 0 bridgehead atoms. The van der Waals surface area contributed by atoms with Crippen molar-refractivity contribution < 1.29 is 14.6 Å². The van der Waals surface area contributed by atoms with Crippen molar-refractivity contribution in [2.45, 2.75) is 23.9 Å². The molecule has 4 aromatic rings. The van der Waals surface area contributed by atoms with Gasteiger partial charge in [-0.3, -0.25) is 24.8 Å².